The molecule has 2 aliphatic heterocycles. The van der Waals surface area contributed by atoms with Crippen LogP contribution in [0, 0.1) is 11.6 Å². The molecule has 40 heavy (non-hydrogen) atoms. The topological polar surface area (TPSA) is 182 Å². The molecule has 0 aromatic heterocycles. The number of hydrogen-bond acceptors (Lipinski definition) is 7. The van der Waals surface area contributed by atoms with Gasteiger partial charge in [0.2, 0.25) is 11.8 Å². The summed E-state index contributed by atoms with van der Waals surface area (Å²) in [4.78, 5) is 53.4. The Hall–Kier alpha value is -4.95. The molecule has 0 unspecified atom stereocenters. The van der Waals surface area contributed by atoms with E-state index in [1.807, 2.05) is 0 Å². The van der Waals surface area contributed by atoms with Gasteiger partial charge in [-0.15, -0.1) is 0 Å². The lowest BCUT2D eigenvalue weighted by Crippen LogP contribution is -2.36. The van der Waals surface area contributed by atoms with Gasteiger partial charge in [-0.3, -0.25) is 19.4 Å². The fourth-order valence-corrected chi connectivity index (χ4v) is 4.16. The third-order valence-electron chi connectivity index (χ3n) is 6.08. The first-order valence-electron chi connectivity index (χ1n) is 12.1. The van der Waals surface area contributed by atoms with E-state index in [9.17, 15) is 19.2 Å². The zero-order chi connectivity index (χ0) is 29.0. The number of halogens is 2. The fourth-order valence-electron chi connectivity index (χ4n) is 4.16. The van der Waals surface area contributed by atoms with Crippen molar-refractivity contribution in [3.05, 3.63) is 48.0 Å². The minimum Gasteiger partial charge on any atom is -0.442 e. The number of nitrogens with zero attached hydrogens (tertiary/aromatic N) is 3. The Morgan fingerprint density at radius 3 is 1.80 bits per heavy atom. The molecular formula is C25H27F2N7O6. The second-order valence-corrected chi connectivity index (χ2v) is 9.04. The lowest BCUT2D eigenvalue weighted by atomic mass is 10.0. The highest BCUT2D eigenvalue weighted by Gasteiger charge is 2.34. The second-order valence-electron chi connectivity index (χ2n) is 9.04. The molecule has 6 N–H and O–H groups in total. The molecule has 2 fully saturated rings. The van der Waals surface area contributed by atoms with Crippen LogP contribution in [-0.4, -0.2) is 74.9 Å². The first-order chi connectivity index (χ1) is 19.0. The summed E-state index contributed by atoms with van der Waals surface area (Å²) < 4.78 is 40.6. The molecule has 2 atom stereocenters. The molecule has 0 bridgehead atoms. The molecule has 0 radical (unpaired) electrons. The summed E-state index contributed by atoms with van der Waals surface area (Å²) in [5.74, 6) is -2.55. The smallest absolute Gasteiger partial charge is 0.414 e. The van der Waals surface area contributed by atoms with Gasteiger partial charge in [-0.2, -0.15) is 0 Å². The number of anilines is 2. The Morgan fingerprint density at radius 2 is 1.38 bits per heavy atom. The van der Waals surface area contributed by atoms with Gasteiger partial charge in [0, 0.05) is 18.1 Å². The maximum Gasteiger partial charge on any atom is 0.414 e. The van der Waals surface area contributed by atoms with Gasteiger partial charge in [0.05, 0.1) is 37.6 Å². The van der Waals surface area contributed by atoms with E-state index in [0.717, 1.165) is 12.1 Å². The van der Waals surface area contributed by atoms with Gasteiger partial charge in [0.15, 0.2) is 5.96 Å². The summed E-state index contributed by atoms with van der Waals surface area (Å²) in [5, 5.41) is 5.09. The molecule has 15 heteroatoms. The van der Waals surface area contributed by atoms with Crippen LogP contribution in [0.1, 0.15) is 6.92 Å². The van der Waals surface area contributed by atoms with Crippen LogP contribution in [0.2, 0.25) is 0 Å². The molecule has 13 nitrogen and oxygen atoms in total. The van der Waals surface area contributed by atoms with Crippen LogP contribution in [0.3, 0.4) is 0 Å². The molecule has 0 saturated carbocycles. The van der Waals surface area contributed by atoms with E-state index >= 15 is 8.78 Å². The standard InChI is InChI=1S/C25H27F2N7O6/c1-13(35)30-8-16-11-33(24(37)39-16)14-2-4-18(20(26)6-14)19-5-3-15(7-21(19)27)34-12-17(40-25(34)38)9-31-22(36)10-32-23(28)29/h2-7,16-17H,8-12H2,1H3,(H,30,35)(H,31,36)(H4,28,29,32)/t16-,17-/m0/s1. The van der Waals surface area contributed by atoms with E-state index in [4.69, 9.17) is 20.9 Å². The first-order valence-corrected chi connectivity index (χ1v) is 12.1. The van der Waals surface area contributed by atoms with E-state index in [2.05, 4.69) is 15.6 Å². The molecule has 2 aliphatic rings. The van der Waals surface area contributed by atoms with E-state index in [1.54, 1.807) is 0 Å². The lowest BCUT2D eigenvalue weighted by molar-refractivity contribution is -0.120. The Morgan fingerprint density at radius 1 is 0.900 bits per heavy atom. The van der Waals surface area contributed by atoms with Crippen LogP contribution in [0.5, 0.6) is 0 Å². The van der Waals surface area contributed by atoms with E-state index in [0.29, 0.717) is 0 Å². The number of carbonyl (C=O) groups is 4. The molecule has 2 aromatic carbocycles. The van der Waals surface area contributed by atoms with Gasteiger partial charge in [0.25, 0.3) is 0 Å². The summed E-state index contributed by atoms with van der Waals surface area (Å²) in [6.45, 7) is 1.32. The van der Waals surface area contributed by atoms with Crippen LogP contribution in [0.15, 0.2) is 41.4 Å². The molecule has 4 amide bonds. The number of nitrogens with one attached hydrogen (secondary N) is 2. The molecule has 212 valence electrons. The van der Waals surface area contributed by atoms with Crippen molar-refractivity contribution in [1.82, 2.24) is 10.6 Å². The van der Waals surface area contributed by atoms with Gasteiger partial charge < -0.3 is 31.6 Å². The number of hydrogen-bond donors (Lipinski definition) is 4. The third-order valence-corrected chi connectivity index (χ3v) is 6.08. The third kappa shape index (κ3) is 6.54. The monoisotopic (exact) mass is 559 g/mol. The quantitative estimate of drug-likeness (QED) is 0.257. The minimum absolute atomic E-state index is 0.00224. The highest BCUT2D eigenvalue weighted by Crippen LogP contribution is 2.33. The largest absolute Gasteiger partial charge is 0.442 e. The van der Waals surface area contributed by atoms with Crippen LogP contribution < -0.4 is 31.9 Å². The molecule has 2 saturated heterocycles. The van der Waals surface area contributed by atoms with Crippen molar-refractivity contribution in [3.8, 4) is 11.1 Å². The lowest BCUT2D eigenvalue weighted by Gasteiger charge is -2.16. The number of cyclic esters (lactones) is 2. The van der Waals surface area contributed by atoms with E-state index < -0.39 is 41.9 Å². The maximum absolute atomic E-state index is 15.1. The predicted octanol–water partition coefficient (Wildman–Crippen LogP) is 0.808. The van der Waals surface area contributed by atoms with Gasteiger partial charge in [-0.25, -0.2) is 23.4 Å². The van der Waals surface area contributed by atoms with E-state index in [-0.39, 0.29) is 67.1 Å². The Bertz CT molecular complexity index is 1370. The van der Waals surface area contributed by atoms with Gasteiger partial charge in [0.1, 0.15) is 30.4 Å². The zero-order valence-electron chi connectivity index (χ0n) is 21.4. The fraction of sp³-hybridized carbons (Fsp3) is 0.320. The van der Waals surface area contributed by atoms with Crippen LogP contribution in [0.25, 0.3) is 11.1 Å². The average Bonchev–Trinajstić information content (AvgIpc) is 3.46. The van der Waals surface area contributed by atoms with Gasteiger partial charge >= 0.3 is 12.2 Å². The SMILES string of the molecule is CC(=O)NC[C@H]1CN(c2ccc(-c3ccc(N4C[C@H](CNC(=O)CN=C(N)N)OC4=O)cc3F)c(F)c2)C(=O)O1. The predicted molar refractivity (Wildman–Crippen MR) is 139 cm³/mol. The molecular weight excluding hydrogens is 532 g/mol. The maximum atomic E-state index is 15.1. The van der Waals surface area contributed by atoms with E-state index in [1.165, 1.54) is 41.0 Å². The van der Waals surface area contributed by atoms with Crippen LogP contribution >= 0.6 is 0 Å². The number of carbonyl (C=O) groups excluding carboxylic acids is 4. The first kappa shape index (κ1) is 28.1. The van der Waals surface area contributed by atoms with Crippen molar-refractivity contribution in [2.45, 2.75) is 19.1 Å². The van der Waals surface area contributed by atoms with Gasteiger partial charge in [-0.1, -0.05) is 0 Å². The van der Waals surface area contributed by atoms with Crippen molar-refractivity contribution in [1.29, 1.82) is 0 Å². The average molecular weight is 560 g/mol. The van der Waals surface area contributed by atoms with Crippen LogP contribution in [0.4, 0.5) is 29.7 Å². The Balaban J connectivity index is 1.41. The molecule has 0 aliphatic carbocycles. The molecule has 2 heterocycles. The normalized spacial score (nSPS) is 18.3. The van der Waals surface area contributed by atoms with Crippen molar-refractivity contribution in [2.75, 3.05) is 42.5 Å². The summed E-state index contributed by atoms with van der Waals surface area (Å²) in [6.07, 6.45) is -2.72. The number of nitrogens with two attached hydrogens (primary N) is 2. The Labute approximate surface area is 227 Å². The number of guanidine groups is 1. The summed E-state index contributed by atoms with van der Waals surface area (Å²) >= 11 is 0. The number of rotatable bonds is 9. The van der Waals surface area contributed by atoms with Crippen molar-refractivity contribution < 1.29 is 37.4 Å². The van der Waals surface area contributed by atoms with Crippen molar-refractivity contribution in [2.24, 2.45) is 16.5 Å². The Kier molecular flexibility index (Phi) is 8.31. The number of amides is 4. The van der Waals surface area contributed by atoms with Crippen molar-refractivity contribution >= 4 is 41.3 Å². The van der Waals surface area contributed by atoms with Crippen LogP contribution in [-0.2, 0) is 19.1 Å². The number of ether oxygens (including phenoxy) is 2. The number of benzene rings is 2. The zero-order valence-corrected chi connectivity index (χ0v) is 21.4. The van der Waals surface area contributed by atoms with Crippen molar-refractivity contribution in [3.63, 3.8) is 0 Å². The summed E-state index contributed by atoms with van der Waals surface area (Å²) in [7, 11) is 0. The molecule has 4 rings (SSSR count). The highest BCUT2D eigenvalue weighted by molar-refractivity contribution is 5.91. The molecule has 2 aromatic rings. The van der Waals surface area contributed by atoms with Gasteiger partial charge in [-0.05, 0) is 36.4 Å². The molecule has 0 spiro atoms. The second kappa shape index (κ2) is 11.8. The number of aliphatic imine (C=N–C) groups is 1. The summed E-state index contributed by atoms with van der Waals surface area (Å²) in [5.41, 5.74) is 10.6. The minimum atomic E-state index is -0.790. The summed E-state index contributed by atoms with van der Waals surface area (Å²) in [6, 6.07) is 7.73. The highest BCUT2D eigenvalue weighted by atomic mass is 19.1.